The molecular formula is C17H21N2P. The first-order valence-electron chi connectivity index (χ1n) is 6.92. The fourth-order valence-electron chi connectivity index (χ4n) is 3.11. The lowest BCUT2D eigenvalue weighted by atomic mass is 10.2. The third kappa shape index (κ3) is 1.99. The topological polar surface area (TPSA) is 6.48 Å². The molecule has 0 fully saturated rings. The van der Waals surface area contributed by atoms with Gasteiger partial charge in [0.15, 0.2) is 0 Å². The van der Waals surface area contributed by atoms with Gasteiger partial charge < -0.3 is 9.80 Å². The second-order valence-corrected chi connectivity index (χ2v) is 7.74. The fraction of sp³-hybridized carbons (Fsp3) is 0.294. The highest BCUT2D eigenvalue weighted by atomic mass is 31.1. The maximum absolute atomic E-state index is 2.46. The molecular weight excluding hydrogens is 263 g/mol. The van der Waals surface area contributed by atoms with Crippen molar-refractivity contribution >= 4 is 24.6 Å². The molecule has 0 spiro atoms. The van der Waals surface area contributed by atoms with E-state index in [2.05, 4.69) is 86.1 Å². The van der Waals surface area contributed by atoms with Crippen molar-refractivity contribution in [2.24, 2.45) is 0 Å². The minimum absolute atomic E-state index is 0.202. The smallest absolute Gasteiger partial charge is 0.0775 e. The highest BCUT2D eigenvalue weighted by molar-refractivity contribution is 7.66. The maximum Gasteiger partial charge on any atom is 0.0775 e. The molecule has 0 saturated heterocycles. The maximum atomic E-state index is 2.46. The summed E-state index contributed by atoms with van der Waals surface area (Å²) < 4.78 is 0. The van der Waals surface area contributed by atoms with Gasteiger partial charge in [-0.15, -0.1) is 0 Å². The highest BCUT2D eigenvalue weighted by Gasteiger charge is 2.36. The molecule has 2 unspecified atom stereocenters. The lowest BCUT2D eigenvalue weighted by Crippen LogP contribution is -2.21. The Morgan fingerprint density at radius 3 is 2.35 bits per heavy atom. The molecule has 0 bridgehead atoms. The van der Waals surface area contributed by atoms with E-state index in [1.54, 1.807) is 0 Å². The zero-order chi connectivity index (χ0) is 14.3. The van der Waals surface area contributed by atoms with Crippen molar-refractivity contribution in [3.8, 4) is 0 Å². The molecule has 0 N–H and O–H groups in total. The molecule has 1 heterocycles. The van der Waals surface area contributed by atoms with E-state index >= 15 is 0 Å². The Hall–Kier alpha value is -1.53. The molecule has 3 rings (SSSR count). The van der Waals surface area contributed by atoms with E-state index in [0.717, 1.165) is 0 Å². The van der Waals surface area contributed by atoms with Crippen molar-refractivity contribution in [1.29, 1.82) is 0 Å². The Kier molecular flexibility index (Phi) is 3.43. The Balaban J connectivity index is 2.11. The molecule has 0 saturated carbocycles. The van der Waals surface area contributed by atoms with Crippen molar-refractivity contribution in [3.63, 3.8) is 0 Å². The molecule has 2 nitrogen and oxygen atoms in total. The van der Waals surface area contributed by atoms with Gasteiger partial charge in [-0.2, -0.15) is 0 Å². The van der Waals surface area contributed by atoms with E-state index in [0.29, 0.717) is 5.78 Å². The van der Waals surface area contributed by atoms with Gasteiger partial charge in [0.2, 0.25) is 0 Å². The summed E-state index contributed by atoms with van der Waals surface area (Å²) in [5.41, 5.74) is 4.14. The van der Waals surface area contributed by atoms with Crippen LogP contribution in [0.4, 0.5) is 11.4 Å². The third-order valence-corrected chi connectivity index (χ3v) is 6.54. The SMILES string of the molecule is CN(C)c1cccc2c1N(C)C(c1ccccc1)P2C. The Morgan fingerprint density at radius 1 is 1.00 bits per heavy atom. The normalized spacial score (nSPS) is 20.9. The molecule has 20 heavy (non-hydrogen) atoms. The predicted octanol–water partition coefficient (Wildman–Crippen LogP) is 3.64. The van der Waals surface area contributed by atoms with Crippen LogP contribution < -0.4 is 15.1 Å². The first-order valence-corrected chi connectivity index (χ1v) is 8.78. The monoisotopic (exact) mass is 284 g/mol. The molecule has 2 aromatic carbocycles. The largest absolute Gasteiger partial charge is 0.376 e. The van der Waals surface area contributed by atoms with Gasteiger partial charge in [0.1, 0.15) is 0 Å². The Labute approximate surface area is 122 Å². The van der Waals surface area contributed by atoms with Crippen LogP contribution >= 0.6 is 7.92 Å². The molecule has 0 amide bonds. The summed E-state index contributed by atoms with van der Waals surface area (Å²) in [5.74, 6) is 0.488. The third-order valence-electron chi connectivity index (χ3n) is 4.04. The first-order chi connectivity index (χ1) is 9.61. The van der Waals surface area contributed by atoms with Gasteiger partial charge in [0.25, 0.3) is 0 Å². The van der Waals surface area contributed by atoms with Crippen LogP contribution in [0.3, 0.4) is 0 Å². The standard InChI is InChI=1S/C17H21N2P/c1-18(2)14-11-8-12-15-16(14)19(3)17(20(15)4)13-9-6-5-7-10-13/h5-12,17H,1-4H3. The summed E-state index contributed by atoms with van der Waals surface area (Å²) in [5, 5.41) is 1.52. The number of benzene rings is 2. The zero-order valence-electron chi connectivity index (χ0n) is 12.5. The average molecular weight is 284 g/mol. The summed E-state index contributed by atoms with van der Waals surface area (Å²) in [6.07, 6.45) is 0. The summed E-state index contributed by atoms with van der Waals surface area (Å²) in [6, 6.07) is 17.6. The average Bonchev–Trinajstić information content (AvgIpc) is 2.72. The number of para-hydroxylation sites is 1. The van der Waals surface area contributed by atoms with Gasteiger partial charge >= 0.3 is 0 Å². The number of rotatable bonds is 2. The van der Waals surface area contributed by atoms with Gasteiger partial charge in [-0.3, -0.25) is 0 Å². The van der Waals surface area contributed by atoms with E-state index in [1.807, 2.05) is 0 Å². The minimum atomic E-state index is -0.202. The van der Waals surface area contributed by atoms with Crippen LogP contribution in [0, 0.1) is 0 Å². The van der Waals surface area contributed by atoms with E-state index < -0.39 is 0 Å². The van der Waals surface area contributed by atoms with Crippen LogP contribution in [0.15, 0.2) is 48.5 Å². The van der Waals surface area contributed by atoms with Crippen LogP contribution in [0.2, 0.25) is 0 Å². The molecule has 1 aliphatic heterocycles. The van der Waals surface area contributed by atoms with Crippen LogP contribution in [0.5, 0.6) is 0 Å². The molecule has 104 valence electrons. The minimum Gasteiger partial charge on any atom is -0.376 e. The number of fused-ring (bicyclic) bond motifs is 1. The van der Waals surface area contributed by atoms with E-state index in [-0.39, 0.29) is 7.92 Å². The second-order valence-electron chi connectivity index (χ2n) is 5.55. The molecule has 3 heteroatoms. The summed E-state index contributed by atoms with van der Waals surface area (Å²) >= 11 is 0. The summed E-state index contributed by atoms with van der Waals surface area (Å²) in [4.78, 5) is 4.68. The van der Waals surface area contributed by atoms with Crippen molar-refractivity contribution in [1.82, 2.24) is 0 Å². The quantitative estimate of drug-likeness (QED) is 0.777. The number of hydrogen-bond acceptors (Lipinski definition) is 2. The fourth-order valence-corrected chi connectivity index (χ4v) is 5.56. The van der Waals surface area contributed by atoms with Gasteiger partial charge in [-0.1, -0.05) is 42.5 Å². The lowest BCUT2D eigenvalue weighted by molar-refractivity contribution is 0.903. The van der Waals surface area contributed by atoms with E-state index in [1.165, 1.54) is 22.2 Å². The van der Waals surface area contributed by atoms with E-state index in [9.17, 15) is 0 Å². The van der Waals surface area contributed by atoms with Crippen LogP contribution in [-0.2, 0) is 0 Å². The van der Waals surface area contributed by atoms with Crippen molar-refractivity contribution in [2.75, 3.05) is 37.6 Å². The Morgan fingerprint density at radius 2 is 1.70 bits per heavy atom. The summed E-state index contributed by atoms with van der Waals surface area (Å²) in [7, 11) is 6.27. The molecule has 2 aromatic rings. The van der Waals surface area contributed by atoms with Gasteiger partial charge in [-0.25, -0.2) is 0 Å². The van der Waals surface area contributed by atoms with Gasteiger partial charge in [-0.05, 0) is 26.2 Å². The van der Waals surface area contributed by atoms with Crippen LogP contribution in [0.25, 0.3) is 0 Å². The molecule has 0 radical (unpaired) electrons. The first kappa shape index (κ1) is 13.5. The predicted molar refractivity (Wildman–Crippen MR) is 90.8 cm³/mol. The van der Waals surface area contributed by atoms with Crippen molar-refractivity contribution in [2.45, 2.75) is 5.78 Å². The molecule has 1 aliphatic rings. The second kappa shape index (κ2) is 5.10. The van der Waals surface area contributed by atoms with Gasteiger partial charge in [0, 0.05) is 26.4 Å². The van der Waals surface area contributed by atoms with Crippen molar-refractivity contribution < 1.29 is 0 Å². The Bertz CT molecular complexity index is 610. The number of nitrogens with zero attached hydrogens (tertiary/aromatic N) is 2. The van der Waals surface area contributed by atoms with Crippen LogP contribution in [-0.4, -0.2) is 27.8 Å². The van der Waals surface area contributed by atoms with Crippen LogP contribution in [0.1, 0.15) is 11.3 Å². The van der Waals surface area contributed by atoms with Crippen molar-refractivity contribution in [3.05, 3.63) is 54.1 Å². The van der Waals surface area contributed by atoms with Gasteiger partial charge in [0.05, 0.1) is 17.2 Å². The highest BCUT2D eigenvalue weighted by Crippen LogP contribution is 2.58. The number of hydrogen-bond donors (Lipinski definition) is 0. The summed E-state index contributed by atoms with van der Waals surface area (Å²) in [6.45, 7) is 2.40. The molecule has 0 aliphatic carbocycles. The lowest BCUT2D eigenvalue weighted by Gasteiger charge is -2.27. The zero-order valence-corrected chi connectivity index (χ0v) is 13.4. The van der Waals surface area contributed by atoms with E-state index in [4.69, 9.17) is 0 Å². The number of anilines is 2. The molecule has 2 atom stereocenters. The molecule has 0 aromatic heterocycles.